The van der Waals surface area contributed by atoms with Gasteiger partial charge in [-0.25, -0.2) is 4.79 Å². The zero-order chi connectivity index (χ0) is 18.9. The van der Waals surface area contributed by atoms with Gasteiger partial charge in [-0.05, 0) is 17.9 Å². The summed E-state index contributed by atoms with van der Waals surface area (Å²) in [7, 11) is 0. The van der Waals surface area contributed by atoms with E-state index in [4.69, 9.17) is 0 Å². The molecule has 2 unspecified atom stereocenters. The predicted octanol–water partition coefficient (Wildman–Crippen LogP) is 2.72. The lowest BCUT2D eigenvalue weighted by molar-refractivity contribution is -0.384. The molecule has 1 aliphatic rings. The maximum absolute atomic E-state index is 12.5. The first kappa shape index (κ1) is 18.7. The van der Waals surface area contributed by atoms with Crippen LogP contribution in [-0.2, 0) is 11.3 Å². The Morgan fingerprint density at radius 2 is 1.88 bits per heavy atom. The van der Waals surface area contributed by atoms with Gasteiger partial charge in [0.1, 0.15) is 6.54 Å². The van der Waals surface area contributed by atoms with Crippen LogP contribution in [0.5, 0.6) is 0 Å². The van der Waals surface area contributed by atoms with Crippen LogP contribution in [0.2, 0.25) is 0 Å². The minimum atomic E-state index is -1.10. The van der Waals surface area contributed by atoms with E-state index in [1.54, 1.807) is 17.0 Å². The van der Waals surface area contributed by atoms with Crippen LogP contribution in [0.1, 0.15) is 33.3 Å². The van der Waals surface area contributed by atoms with Crippen molar-refractivity contribution in [2.24, 2.45) is 5.41 Å². The third-order valence-electron chi connectivity index (χ3n) is 4.54. The lowest BCUT2D eigenvalue weighted by Gasteiger charge is -2.50. The SMILES string of the molecule is CC1C(C(C)(C)C)N(C(=O)O)CC(=O)N1Cc1ccc([N+](=O)[O-])cc1. The zero-order valence-electron chi connectivity index (χ0n) is 14.8. The molecule has 8 nitrogen and oxygen atoms in total. The molecular formula is C17H23N3O5. The highest BCUT2D eigenvalue weighted by molar-refractivity contribution is 5.84. The molecule has 2 atom stereocenters. The highest BCUT2D eigenvalue weighted by Gasteiger charge is 2.45. The van der Waals surface area contributed by atoms with Gasteiger partial charge in [0.15, 0.2) is 0 Å². The molecule has 2 amide bonds. The molecule has 0 bridgehead atoms. The van der Waals surface area contributed by atoms with Crippen LogP contribution in [0, 0.1) is 15.5 Å². The Balaban J connectivity index is 2.27. The Labute approximate surface area is 146 Å². The number of amides is 2. The van der Waals surface area contributed by atoms with Crippen molar-refractivity contribution in [3.63, 3.8) is 0 Å². The fourth-order valence-electron chi connectivity index (χ4n) is 3.52. The first-order chi connectivity index (χ1) is 11.5. The van der Waals surface area contributed by atoms with Crippen molar-refractivity contribution in [2.75, 3.05) is 6.54 Å². The molecule has 25 heavy (non-hydrogen) atoms. The standard InChI is InChI=1S/C17H23N3O5/c1-11-15(17(2,3)4)19(16(22)23)10-14(21)18(11)9-12-5-7-13(8-6-12)20(24)25/h5-8,11,15H,9-10H2,1-4H3,(H,22,23). The second kappa shape index (κ2) is 6.70. The van der Waals surface area contributed by atoms with Crippen molar-refractivity contribution in [1.82, 2.24) is 9.80 Å². The second-order valence-corrected chi connectivity index (χ2v) is 7.41. The third-order valence-corrected chi connectivity index (χ3v) is 4.54. The smallest absolute Gasteiger partial charge is 0.408 e. The van der Waals surface area contributed by atoms with Gasteiger partial charge in [-0.1, -0.05) is 32.9 Å². The molecule has 1 N–H and O–H groups in total. The first-order valence-corrected chi connectivity index (χ1v) is 8.04. The van der Waals surface area contributed by atoms with Crippen LogP contribution in [-0.4, -0.2) is 50.5 Å². The molecule has 0 radical (unpaired) electrons. The van der Waals surface area contributed by atoms with Crippen LogP contribution < -0.4 is 0 Å². The minimum absolute atomic E-state index is 0.00797. The van der Waals surface area contributed by atoms with E-state index in [2.05, 4.69) is 0 Å². The molecule has 0 aromatic heterocycles. The monoisotopic (exact) mass is 349 g/mol. The molecule has 1 aliphatic heterocycles. The topological polar surface area (TPSA) is 104 Å². The Morgan fingerprint density at radius 1 is 1.32 bits per heavy atom. The summed E-state index contributed by atoms with van der Waals surface area (Å²) in [6.07, 6.45) is -1.10. The van der Waals surface area contributed by atoms with Crippen LogP contribution in [0.15, 0.2) is 24.3 Å². The molecule has 2 rings (SSSR count). The van der Waals surface area contributed by atoms with Gasteiger partial charge in [-0.15, -0.1) is 0 Å². The van der Waals surface area contributed by atoms with Crippen molar-refractivity contribution < 1.29 is 19.6 Å². The van der Waals surface area contributed by atoms with E-state index in [0.29, 0.717) is 0 Å². The van der Waals surface area contributed by atoms with E-state index < -0.39 is 11.0 Å². The number of carboxylic acid groups (broad SMARTS) is 1. The quantitative estimate of drug-likeness (QED) is 0.667. The molecule has 8 heteroatoms. The van der Waals surface area contributed by atoms with Crippen molar-refractivity contribution in [2.45, 2.75) is 46.3 Å². The Bertz CT molecular complexity index is 681. The molecule has 0 aliphatic carbocycles. The van der Waals surface area contributed by atoms with Crippen LogP contribution in [0.25, 0.3) is 0 Å². The zero-order valence-corrected chi connectivity index (χ0v) is 14.8. The first-order valence-electron chi connectivity index (χ1n) is 8.04. The van der Waals surface area contributed by atoms with E-state index in [1.807, 2.05) is 27.7 Å². The Hall–Kier alpha value is -2.64. The molecular weight excluding hydrogens is 326 g/mol. The van der Waals surface area contributed by atoms with Crippen LogP contribution in [0.3, 0.4) is 0 Å². The average molecular weight is 349 g/mol. The molecule has 1 saturated heterocycles. The van der Waals surface area contributed by atoms with Gasteiger partial charge in [0.05, 0.1) is 17.0 Å². The van der Waals surface area contributed by atoms with Gasteiger partial charge >= 0.3 is 6.09 Å². The van der Waals surface area contributed by atoms with Crippen LogP contribution in [0.4, 0.5) is 10.5 Å². The number of nitro groups is 1. The van der Waals surface area contributed by atoms with Gasteiger partial charge in [-0.3, -0.25) is 19.8 Å². The maximum atomic E-state index is 12.5. The Kier molecular flexibility index (Phi) is 5.01. The van der Waals surface area contributed by atoms with Crippen molar-refractivity contribution in [3.8, 4) is 0 Å². The molecule has 1 aromatic carbocycles. The van der Waals surface area contributed by atoms with Crippen molar-refractivity contribution in [3.05, 3.63) is 39.9 Å². The van der Waals surface area contributed by atoms with Crippen molar-refractivity contribution in [1.29, 1.82) is 0 Å². The summed E-state index contributed by atoms with van der Waals surface area (Å²) >= 11 is 0. The number of non-ortho nitro benzene ring substituents is 1. The fraction of sp³-hybridized carbons (Fsp3) is 0.529. The van der Waals surface area contributed by atoms with E-state index in [1.165, 1.54) is 17.0 Å². The highest BCUT2D eigenvalue weighted by Crippen LogP contribution is 2.33. The normalized spacial score (nSPS) is 21.4. The Morgan fingerprint density at radius 3 is 2.32 bits per heavy atom. The molecule has 1 aromatic rings. The summed E-state index contributed by atoms with van der Waals surface area (Å²) in [5.74, 6) is -0.270. The number of rotatable bonds is 3. The van der Waals surface area contributed by atoms with Gasteiger partial charge in [0, 0.05) is 18.7 Å². The van der Waals surface area contributed by atoms with Gasteiger partial charge < -0.3 is 10.0 Å². The number of carbonyl (C=O) groups is 2. The number of nitrogens with zero attached hydrogens (tertiary/aromatic N) is 3. The summed E-state index contributed by atoms with van der Waals surface area (Å²) in [6.45, 7) is 7.79. The summed E-state index contributed by atoms with van der Waals surface area (Å²) in [4.78, 5) is 37.2. The largest absolute Gasteiger partial charge is 0.465 e. The number of hydrogen-bond acceptors (Lipinski definition) is 4. The third kappa shape index (κ3) is 3.89. The van der Waals surface area contributed by atoms with Gasteiger partial charge in [0.25, 0.3) is 5.69 Å². The number of carbonyl (C=O) groups excluding carboxylic acids is 1. The molecule has 0 spiro atoms. The molecule has 1 fully saturated rings. The number of hydrogen-bond donors (Lipinski definition) is 1. The molecule has 1 heterocycles. The van der Waals surface area contributed by atoms with Crippen LogP contribution >= 0.6 is 0 Å². The molecule has 136 valence electrons. The van der Waals surface area contributed by atoms with Gasteiger partial charge in [-0.2, -0.15) is 0 Å². The minimum Gasteiger partial charge on any atom is -0.465 e. The molecule has 0 saturated carbocycles. The van der Waals surface area contributed by atoms with E-state index >= 15 is 0 Å². The average Bonchev–Trinajstić information content (AvgIpc) is 2.49. The van der Waals surface area contributed by atoms with Gasteiger partial charge in [0.2, 0.25) is 5.91 Å². The number of nitro benzene ring substituents is 1. The van der Waals surface area contributed by atoms with E-state index in [0.717, 1.165) is 5.56 Å². The van der Waals surface area contributed by atoms with E-state index in [-0.39, 0.29) is 42.2 Å². The summed E-state index contributed by atoms with van der Waals surface area (Å²) in [5, 5.41) is 20.2. The maximum Gasteiger partial charge on any atom is 0.408 e. The fourth-order valence-corrected chi connectivity index (χ4v) is 3.52. The number of piperazine rings is 1. The predicted molar refractivity (Wildman–Crippen MR) is 91.1 cm³/mol. The second-order valence-electron chi connectivity index (χ2n) is 7.41. The highest BCUT2D eigenvalue weighted by atomic mass is 16.6. The number of benzene rings is 1. The summed E-state index contributed by atoms with van der Waals surface area (Å²) < 4.78 is 0. The lowest BCUT2D eigenvalue weighted by atomic mass is 9.79. The summed E-state index contributed by atoms with van der Waals surface area (Å²) in [6, 6.07) is 5.38. The lowest BCUT2D eigenvalue weighted by Crippen LogP contribution is -2.65. The summed E-state index contributed by atoms with van der Waals surface area (Å²) in [5.41, 5.74) is 0.417. The van der Waals surface area contributed by atoms with Crippen molar-refractivity contribution >= 4 is 17.7 Å². The van der Waals surface area contributed by atoms with E-state index in [9.17, 15) is 24.8 Å².